The minimum absolute atomic E-state index is 0.0906. The molecular weight excluding hydrogens is 276 g/mol. The first-order chi connectivity index (χ1) is 10.7. The van der Waals surface area contributed by atoms with Crippen LogP contribution in [0.1, 0.15) is 57.8 Å². The van der Waals surface area contributed by atoms with Crippen molar-refractivity contribution >= 4 is 11.8 Å². The Morgan fingerprint density at radius 2 is 1.36 bits per heavy atom. The number of unbranched alkanes of at least 4 members (excludes halogenated alkanes) is 8. The van der Waals surface area contributed by atoms with Crippen LogP contribution in [0.4, 0.5) is 0 Å². The maximum absolute atomic E-state index is 10.9. The third-order valence-corrected chi connectivity index (χ3v) is 3.17. The summed E-state index contributed by atoms with van der Waals surface area (Å²) in [6.45, 7) is 7.50. The summed E-state index contributed by atoms with van der Waals surface area (Å²) in [6, 6.07) is 2.62. The van der Waals surface area contributed by atoms with Gasteiger partial charge in [0.25, 0.3) is 5.91 Å². The molecule has 2 N–H and O–H groups in total. The molecule has 4 heteroatoms. The number of carbonyl (C=O) groups is 2. The number of rotatable bonds is 12. The summed E-state index contributed by atoms with van der Waals surface area (Å²) in [5.41, 5.74) is 0. The molecule has 0 aliphatic carbocycles. The van der Waals surface area contributed by atoms with Crippen LogP contribution in [0.15, 0.2) is 25.3 Å². The van der Waals surface area contributed by atoms with E-state index in [-0.39, 0.29) is 11.8 Å². The number of hydrogen-bond acceptors (Lipinski definition) is 2. The van der Waals surface area contributed by atoms with Gasteiger partial charge >= 0.3 is 0 Å². The van der Waals surface area contributed by atoms with Gasteiger partial charge in [-0.2, -0.15) is 0 Å². The smallest absolute Gasteiger partial charge is 0.254 e. The van der Waals surface area contributed by atoms with Crippen molar-refractivity contribution in [2.75, 3.05) is 6.54 Å². The highest BCUT2D eigenvalue weighted by Crippen LogP contribution is 2.09. The zero-order chi connectivity index (χ0) is 16.5. The molecule has 0 unspecified atom stereocenters. The van der Waals surface area contributed by atoms with E-state index in [9.17, 15) is 9.59 Å². The van der Waals surface area contributed by atoms with Crippen molar-refractivity contribution in [3.05, 3.63) is 25.3 Å². The van der Waals surface area contributed by atoms with E-state index < -0.39 is 0 Å². The summed E-state index contributed by atoms with van der Waals surface area (Å²) >= 11 is 0. The summed E-state index contributed by atoms with van der Waals surface area (Å²) in [5, 5.41) is 5.21. The van der Waals surface area contributed by atoms with Gasteiger partial charge in [-0.15, -0.1) is 0 Å². The molecule has 2 amide bonds. The van der Waals surface area contributed by atoms with E-state index in [1.165, 1.54) is 44.3 Å². The lowest BCUT2D eigenvalue weighted by Crippen LogP contribution is -2.21. The molecule has 0 heterocycles. The van der Waals surface area contributed by atoms with Crippen molar-refractivity contribution in [2.45, 2.75) is 57.8 Å². The fraction of sp³-hybridized carbons (Fsp3) is 0.556. The first-order valence-corrected chi connectivity index (χ1v) is 8.01. The Hall–Kier alpha value is -2.02. The van der Waals surface area contributed by atoms with Crippen LogP contribution in [0, 0.1) is 12.0 Å². The molecule has 0 aliphatic heterocycles. The van der Waals surface area contributed by atoms with Gasteiger partial charge < -0.3 is 5.32 Å². The maximum Gasteiger partial charge on any atom is 0.254 e. The third kappa shape index (κ3) is 14.4. The van der Waals surface area contributed by atoms with Crippen molar-refractivity contribution in [3.63, 3.8) is 0 Å². The normalized spacial score (nSPS) is 9.27. The standard InChI is InChI=1S/C18H28N2O2/c1-3-17(21)19-15-13-11-9-7-5-6-8-10-12-14-16-20-18(22)4-2/h3-4H,1-2,5-13,15H2,(H,19,21)(H,20,22). The van der Waals surface area contributed by atoms with E-state index in [1.54, 1.807) is 0 Å². The molecule has 122 valence electrons. The van der Waals surface area contributed by atoms with E-state index in [0.717, 1.165) is 32.2 Å². The summed E-state index contributed by atoms with van der Waals surface area (Å²) in [5.74, 6) is 2.57. The quantitative estimate of drug-likeness (QED) is 0.252. The molecule has 0 aromatic heterocycles. The average Bonchev–Trinajstić information content (AvgIpc) is 2.54. The first kappa shape index (κ1) is 20.0. The molecule has 0 aromatic carbocycles. The van der Waals surface area contributed by atoms with Gasteiger partial charge in [0.1, 0.15) is 0 Å². The Balaban J connectivity index is 3.20. The van der Waals surface area contributed by atoms with E-state index >= 15 is 0 Å². The van der Waals surface area contributed by atoms with Crippen LogP contribution >= 0.6 is 0 Å². The molecule has 0 spiro atoms. The summed E-state index contributed by atoms with van der Waals surface area (Å²) in [6.07, 6.45) is 12.7. The SMILES string of the molecule is C=CC(=O)NC#CCCCCCCCCCCNC(=O)C=C. The number of hydrogen-bond donors (Lipinski definition) is 2. The van der Waals surface area contributed by atoms with Crippen molar-refractivity contribution in [3.8, 4) is 12.0 Å². The first-order valence-electron chi connectivity index (χ1n) is 8.01. The van der Waals surface area contributed by atoms with Gasteiger partial charge in [0.05, 0.1) is 0 Å². The Morgan fingerprint density at radius 3 is 1.95 bits per heavy atom. The lowest BCUT2D eigenvalue weighted by molar-refractivity contribution is -0.116. The molecule has 0 fully saturated rings. The van der Waals surface area contributed by atoms with Gasteiger partial charge in [0, 0.05) is 19.0 Å². The van der Waals surface area contributed by atoms with E-state index in [0.29, 0.717) is 0 Å². The molecule has 0 aromatic rings. The third-order valence-electron chi connectivity index (χ3n) is 3.17. The predicted octanol–water partition coefficient (Wildman–Crippen LogP) is 3.06. The molecule has 0 rings (SSSR count). The molecule has 4 nitrogen and oxygen atoms in total. The topological polar surface area (TPSA) is 58.2 Å². The molecular formula is C18H28N2O2. The Kier molecular flexibility index (Phi) is 14.0. The lowest BCUT2D eigenvalue weighted by atomic mass is 10.1. The van der Waals surface area contributed by atoms with Gasteiger partial charge in [0.15, 0.2) is 0 Å². The van der Waals surface area contributed by atoms with Crippen molar-refractivity contribution in [1.82, 2.24) is 10.6 Å². The van der Waals surface area contributed by atoms with Gasteiger partial charge in [-0.05, 0) is 25.0 Å². The second-order valence-corrected chi connectivity index (χ2v) is 5.07. The number of nitrogens with one attached hydrogen (secondary N) is 2. The van der Waals surface area contributed by atoms with Crippen LogP contribution in [0.5, 0.6) is 0 Å². The molecule has 0 bridgehead atoms. The van der Waals surface area contributed by atoms with Crippen LogP contribution in [-0.2, 0) is 9.59 Å². The van der Waals surface area contributed by atoms with Crippen molar-refractivity contribution in [2.24, 2.45) is 0 Å². The predicted molar refractivity (Wildman–Crippen MR) is 90.9 cm³/mol. The van der Waals surface area contributed by atoms with Crippen LogP contribution in [0.3, 0.4) is 0 Å². The van der Waals surface area contributed by atoms with Crippen molar-refractivity contribution < 1.29 is 9.59 Å². The second kappa shape index (κ2) is 15.4. The van der Waals surface area contributed by atoms with Gasteiger partial charge in [-0.25, -0.2) is 0 Å². The lowest BCUT2D eigenvalue weighted by Gasteiger charge is -2.02. The highest BCUT2D eigenvalue weighted by molar-refractivity contribution is 5.88. The summed E-state index contributed by atoms with van der Waals surface area (Å²) in [4.78, 5) is 21.7. The molecule has 0 radical (unpaired) electrons. The molecule has 0 saturated heterocycles. The fourth-order valence-electron chi connectivity index (χ4n) is 1.90. The number of amides is 2. The largest absolute Gasteiger partial charge is 0.353 e. The zero-order valence-electron chi connectivity index (χ0n) is 13.5. The summed E-state index contributed by atoms with van der Waals surface area (Å²) in [7, 11) is 0. The Labute approximate surface area is 134 Å². The second-order valence-electron chi connectivity index (χ2n) is 5.07. The van der Waals surface area contributed by atoms with E-state index in [1.807, 2.05) is 0 Å². The maximum atomic E-state index is 10.9. The van der Waals surface area contributed by atoms with Crippen LogP contribution in [0.2, 0.25) is 0 Å². The monoisotopic (exact) mass is 304 g/mol. The van der Waals surface area contributed by atoms with Gasteiger partial charge in [-0.1, -0.05) is 57.6 Å². The van der Waals surface area contributed by atoms with E-state index in [2.05, 4.69) is 35.8 Å². The van der Waals surface area contributed by atoms with Gasteiger partial charge in [0.2, 0.25) is 5.91 Å². The van der Waals surface area contributed by atoms with Crippen LogP contribution in [-0.4, -0.2) is 18.4 Å². The minimum atomic E-state index is -0.253. The Morgan fingerprint density at radius 1 is 0.818 bits per heavy atom. The van der Waals surface area contributed by atoms with Crippen molar-refractivity contribution in [1.29, 1.82) is 0 Å². The van der Waals surface area contributed by atoms with E-state index in [4.69, 9.17) is 0 Å². The zero-order valence-corrected chi connectivity index (χ0v) is 13.5. The highest BCUT2D eigenvalue weighted by atomic mass is 16.2. The Bertz CT molecular complexity index is 405. The molecule has 22 heavy (non-hydrogen) atoms. The average molecular weight is 304 g/mol. The van der Waals surface area contributed by atoms with Gasteiger partial charge in [-0.3, -0.25) is 14.9 Å². The minimum Gasteiger partial charge on any atom is -0.353 e. The fourth-order valence-corrected chi connectivity index (χ4v) is 1.90. The molecule has 0 aliphatic rings. The van der Waals surface area contributed by atoms with Crippen LogP contribution < -0.4 is 10.6 Å². The van der Waals surface area contributed by atoms with Crippen LogP contribution in [0.25, 0.3) is 0 Å². The molecule has 0 saturated carbocycles. The molecule has 0 atom stereocenters. The number of carbonyl (C=O) groups excluding carboxylic acids is 2. The summed E-state index contributed by atoms with van der Waals surface area (Å²) < 4.78 is 0. The highest BCUT2D eigenvalue weighted by Gasteiger charge is 1.94.